The summed E-state index contributed by atoms with van der Waals surface area (Å²) in [6, 6.07) is 1.49. The molecule has 6 heteroatoms. The fourth-order valence-corrected chi connectivity index (χ4v) is 3.23. The molecule has 0 aliphatic heterocycles. The lowest BCUT2D eigenvalue weighted by atomic mass is 10.4. The summed E-state index contributed by atoms with van der Waals surface area (Å²) in [5.41, 5.74) is 0.657. The Kier molecular flexibility index (Phi) is 4.27. The molecule has 90 valence electrons. The summed E-state index contributed by atoms with van der Waals surface area (Å²) in [6.07, 6.45) is 0.423. The molecule has 0 radical (unpaired) electrons. The van der Waals surface area contributed by atoms with Crippen LogP contribution in [0.4, 0.5) is 0 Å². The highest BCUT2D eigenvalue weighted by molar-refractivity contribution is 7.92. The maximum absolute atomic E-state index is 12.1. The van der Waals surface area contributed by atoms with E-state index in [-0.39, 0.29) is 5.03 Å². The lowest BCUT2D eigenvalue weighted by Gasteiger charge is -2.11. The molecule has 1 aromatic heterocycles. The molecule has 1 unspecified atom stereocenters. The maximum atomic E-state index is 12.1. The van der Waals surface area contributed by atoms with E-state index in [1.807, 2.05) is 0 Å². The Morgan fingerprint density at radius 1 is 1.38 bits per heavy atom. The molecule has 0 aromatic carbocycles. The van der Waals surface area contributed by atoms with Crippen molar-refractivity contribution in [2.75, 3.05) is 5.88 Å². The second-order valence-corrected chi connectivity index (χ2v) is 6.42. The summed E-state index contributed by atoms with van der Waals surface area (Å²) in [6.45, 7) is 5.07. The van der Waals surface area contributed by atoms with Crippen molar-refractivity contribution in [1.29, 1.82) is 0 Å². The first-order valence-corrected chi connectivity index (χ1v) is 7.08. The van der Waals surface area contributed by atoms with Crippen LogP contribution in [0.5, 0.6) is 0 Å². The zero-order chi connectivity index (χ0) is 12.3. The number of hydrogen-bond donors (Lipinski definition) is 0. The van der Waals surface area contributed by atoms with Gasteiger partial charge in [-0.25, -0.2) is 18.4 Å². The number of halogens is 1. The van der Waals surface area contributed by atoms with Gasteiger partial charge < -0.3 is 0 Å². The Morgan fingerprint density at radius 2 is 2.00 bits per heavy atom. The second-order valence-electron chi connectivity index (χ2n) is 3.73. The van der Waals surface area contributed by atoms with Gasteiger partial charge in [-0.15, -0.1) is 11.6 Å². The summed E-state index contributed by atoms with van der Waals surface area (Å²) >= 11 is 5.56. The molecule has 0 saturated carbocycles. The van der Waals surface area contributed by atoms with Gasteiger partial charge in [0.05, 0.1) is 5.25 Å². The number of aryl methyl sites for hydroxylation is 2. The molecule has 0 bridgehead atoms. The van der Waals surface area contributed by atoms with Crippen molar-refractivity contribution in [2.45, 2.75) is 37.5 Å². The third kappa shape index (κ3) is 2.92. The van der Waals surface area contributed by atoms with E-state index in [1.165, 1.54) is 6.07 Å². The van der Waals surface area contributed by atoms with Crippen molar-refractivity contribution in [1.82, 2.24) is 9.97 Å². The van der Waals surface area contributed by atoms with Gasteiger partial charge in [0.15, 0.2) is 14.9 Å². The summed E-state index contributed by atoms with van der Waals surface area (Å²) in [4.78, 5) is 8.02. The number of nitrogens with zero attached hydrogens (tertiary/aromatic N) is 2. The first-order chi connectivity index (χ1) is 7.37. The predicted octanol–water partition coefficient (Wildman–Crippen LogP) is 1.88. The Balaban J connectivity index is 3.16. The Morgan fingerprint density at radius 3 is 2.50 bits per heavy atom. The van der Waals surface area contributed by atoms with E-state index in [0.29, 0.717) is 23.8 Å². The van der Waals surface area contributed by atoms with Crippen molar-refractivity contribution in [3.05, 3.63) is 17.6 Å². The van der Waals surface area contributed by atoms with Crippen LogP contribution in [-0.2, 0) is 9.84 Å². The van der Waals surface area contributed by atoms with E-state index < -0.39 is 15.1 Å². The molecule has 1 aromatic rings. The number of aromatic nitrogens is 2. The first kappa shape index (κ1) is 13.4. The van der Waals surface area contributed by atoms with Crippen LogP contribution in [0.3, 0.4) is 0 Å². The van der Waals surface area contributed by atoms with Crippen LogP contribution in [-0.4, -0.2) is 29.5 Å². The van der Waals surface area contributed by atoms with Gasteiger partial charge in [0, 0.05) is 11.6 Å². The number of sulfone groups is 1. The van der Waals surface area contributed by atoms with Crippen molar-refractivity contribution in [3.8, 4) is 0 Å². The van der Waals surface area contributed by atoms with Crippen LogP contribution in [0.2, 0.25) is 0 Å². The Hall–Kier alpha value is -0.680. The van der Waals surface area contributed by atoms with E-state index in [0.717, 1.165) is 0 Å². The number of rotatable bonds is 4. The van der Waals surface area contributed by atoms with Gasteiger partial charge in [-0.2, -0.15) is 0 Å². The van der Waals surface area contributed by atoms with E-state index in [4.69, 9.17) is 11.6 Å². The molecule has 0 spiro atoms. The highest BCUT2D eigenvalue weighted by Crippen LogP contribution is 2.17. The van der Waals surface area contributed by atoms with E-state index >= 15 is 0 Å². The topological polar surface area (TPSA) is 59.9 Å². The molecule has 4 nitrogen and oxygen atoms in total. The maximum Gasteiger partial charge on any atom is 0.198 e. The molecular formula is C10H15ClN2O2S. The molecule has 16 heavy (non-hydrogen) atoms. The predicted molar refractivity (Wildman–Crippen MR) is 63.5 cm³/mol. The standard InChI is InChI=1S/C10H15ClN2O2S/c1-7-6-10(13-9(3)12-7)16(14,15)8(2)4-5-11/h6,8H,4-5H2,1-3H3. The fraction of sp³-hybridized carbons (Fsp3) is 0.600. The zero-order valence-electron chi connectivity index (χ0n) is 9.57. The minimum absolute atomic E-state index is 0.0927. The monoisotopic (exact) mass is 262 g/mol. The number of alkyl halides is 1. The van der Waals surface area contributed by atoms with Crippen LogP contribution in [0.25, 0.3) is 0 Å². The normalized spacial score (nSPS) is 13.8. The average Bonchev–Trinajstić information content (AvgIpc) is 2.16. The van der Waals surface area contributed by atoms with Crippen molar-refractivity contribution < 1.29 is 8.42 Å². The van der Waals surface area contributed by atoms with Crippen LogP contribution in [0, 0.1) is 13.8 Å². The smallest absolute Gasteiger partial charge is 0.198 e. The van der Waals surface area contributed by atoms with Gasteiger partial charge in [0.2, 0.25) is 0 Å². The van der Waals surface area contributed by atoms with Crippen molar-refractivity contribution in [2.24, 2.45) is 0 Å². The molecule has 0 N–H and O–H groups in total. The summed E-state index contributed by atoms with van der Waals surface area (Å²) in [7, 11) is -3.38. The summed E-state index contributed by atoms with van der Waals surface area (Å²) in [5, 5.41) is -0.422. The third-order valence-corrected chi connectivity index (χ3v) is 4.58. The van der Waals surface area contributed by atoms with E-state index in [2.05, 4.69) is 9.97 Å². The minimum Gasteiger partial charge on any atom is -0.238 e. The van der Waals surface area contributed by atoms with Gasteiger partial charge in [0.25, 0.3) is 0 Å². The van der Waals surface area contributed by atoms with Gasteiger partial charge in [-0.05, 0) is 33.3 Å². The summed E-state index contributed by atoms with van der Waals surface area (Å²) < 4.78 is 24.2. The lowest BCUT2D eigenvalue weighted by molar-refractivity contribution is 0.576. The fourth-order valence-electron chi connectivity index (χ4n) is 1.34. The molecular weight excluding hydrogens is 248 g/mol. The lowest BCUT2D eigenvalue weighted by Crippen LogP contribution is -2.20. The zero-order valence-corrected chi connectivity index (χ0v) is 11.1. The largest absolute Gasteiger partial charge is 0.238 e. The number of hydrogen-bond acceptors (Lipinski definition) is 4. The molecule has 0 aliphatic rings. The quantitative estimate of drug-likeness (QED) is 0.614. The van der Waals surface area contributed by atoms with Crippen LogP contribution < -0.4 is 0 Å². The highest BCUT2D eigenvalue weighted by atomic mass is 35.5. The van der Waals surface area contributed by atoms with E-state index in [1.54, 1.807) is 20.8 Å². The third-order valence-electron chi connectivity index (χ3n) is 2.28. The SMILES string of the molecule is Cc1cc(S(=O)(=O)C(C)CCCl)nc(C)n1. The van der Waals surface area contributed by atoms with Gasteiger partial charge in [0.1, 0.15) is 5.82 Å². The molecule has 0 aliphatic carbocycles. The van der Waals surface area contributed by atoms with Crippen LogP contribution >= 0.6 is 11.6 Å². The molecule has 0 fully saturated rings. The van der Waals surface area contributed by atoms with Crippen LogP contribution in [0.1, 0.15) is 24.9 Å². The molecule has 1 atom stereocenters. The van der Waals surface area contributed by atoms with Crippen molar-refractivity contribution in [3.63, 3.8) is 0 Å². The molecule has 1 rings (SSSR count). The average molecular weight is 263 g/mol. The molecule has 0 saturated heterocycles. The molecule has 1 heterocycles. The second kappa shape index (κ2) is 5.10. The highest BCUT2D eigenvalue weighted by Gasteiger charge is 2.24. The van der Waals surface area contributed by atoms with Gasteiger partial charge in [-0.1, -0.05) is 0 Å². The molecule has 0 amide bonds. The first-order valence-electron chi connectivity index (χ1n) is 5.00. The Bertz CT molecular complexity index is 453. The summed E-state index contributed by atoms with van der Waals surface area (Å²) in [5.74, 6) is 0.792. The van der Waals surface area contributed by atoms with Gasteiger partial charge in [-0.3, -0.25) is 0 Å². The van der Waals surface area contributed by atoms with Crippen molar-refractivity contribution >= 4 is 21.4 Å². The van der Waals surface area contributed by atoms with Crippen LogP contribution in [0.15, 0.2) is 11.1 Å². The minimum atomic E-state index is -3.38. The Labute approximate surface area is 101 Å². The van der Waals surface area contributed by atoms with E-state index in [9.17, 15) is 8.42 Å². The van der Waals surface area contributed by atoms with Gasteiger partial charge >= 0.3 is 0 Å².